The number of halogens is 2. The zero-order valence-electron chi connectivity index (χ0n) is 35.9. The van der Waals surface area contributed by atoms with Crippen molar-refractivity contribution in [3.8, 4) is 11.1 Å². The monoisotopic (exact) mass is 840 g/mol. The summed E-state index contributed by atoms with van der Waals surface area (Å²) < 4.78 is 3.34. The molecular weight excluding hydrogens is 775 g/mol. The number of benzene rings is 4. The average molecular weight is 843 g/mol. The molecule has 0 N–H and O–H groups in total. The topological polar surface area (TPSA) is 0 Å². The Bertz CT molecular complexity index is 1640. The molecule has 1 unspecified atom stereocenters. The summed E-state index contributed by atoms with van der Waals surface area (Å²) >= 11 is 1.30. The molecule has 0 amide bonds. The van der Waals surface area contributed by atoms with Crippen LogP contribution in [0.5, 0.6) is 0 Å². The second-order valence-corrected chi connectivity index (χ2v) is 17.3. The Morgan fingerprint density at radius 3 is 1.56 bits per heavy atom. The summed E-state index contributed by atoms with van der Waals surface area (Å²) in [7, 11) is 0. The second-order valence-electron chi connectivity index (χ2n) is 17.3. The van der Waals surface area contributed by atoms with Crippen molar-refractivity contribution in [2.75, 3.05) is 0 Å². The first-order chi connectivity index (χ1) is 24.3. The maximum absolute atomic E-state index is 3.69. The van der Waals surface area contributed by atoms with Crippen molar-refractivity contribution in [2.24, 2.45) is 11.3 Å². The minimum absolute atomic E-state index is 0. The molecule has 1 atom stereocenters. The van der Waals surface area contributed by atoms with E-state index in [1.54, 1.807) is 0 Å². The van der Waals surface area contributed by atoms with Crippen LogP contribution in [0.1, 0.15) is 133 Å². The molecule has 3 heteroatoms. The van der Waals surface area contributed by atoms with E-state index < -0.39 is 0 Å². The third kappa shape index (κ3) is 16.4. The summed E-state index contributed by atoms with van der Waals surface area (Å²) in [6.45, 7) is 31.4. The van der Waals surface area contributed by atoms with Crippen molar-refractivity contribution >= 4 is 29.0 Å². The van der Waals surface area contributed by atoms with Gasteiger partial charge in [-0.15, -0.1) is 41.5 Å². The third-order valence-electron chi connectivity index (χ3n) is 9.42. The Labute approximate surface area is 359 Å². The predicted octanol–water partition coefficient (Wildman–Crippen LogP) is 14.8. The van der Waals surface area contributed by atoms with E-state index in [1.165, 1.54) is 105 Å². The molecule has 0 saturated carbocycles. The van der Waals surface area contributed by atoms with Crippen molar-refractivity contribution in [1.82, 2.24) is 0 Å². The van der Waals surface area contributed by atoms with E-state index in [0.717, 1.165) is 6.42 Å². The average Bonchev–Trinajstić information content (AvgIpc) is 3.69. The molecule has 54 heavy (non-hydrogen) atoms. The van der Waals surface area contributed by atoms with Gasteiger partial charge in [-0.3, -0.25) is 6.08 Å². The van der Waals surface area contributed by atoms with Crippen LogP contribution in [0.25, 0.3) is 11.1 Å². The molecule has 4 aromatic rings. The van der Waals surface area contributed by atoms with Gasteiger partial charge in [-0.1, -0.05) is 144 Å². The molecule has 0 heterocycles. The molecule has 0 spiro atoms. The van der Waals surface area contributed by atoms with Crippen LogP contribution in [-0.2, 0) is 41.5 Å². The van der Waals surface area contributed by atoms with E-state index in [0.29, 0.717) is 11.3 Å². The van der Waals surface area contributed by atoms with Gasteiger partial charge in [0.1, 0.15) is 0 Å². The summed E-state index contributed by atoms with van der Waals surface area (Å²) in [6, 6.07) is 32.6. The molecule has 0 saturated heterocycles. The van der Waals surface area contributed by atoms with Crippen molar-refractivity contribution in [3.05, 3.63) is 153 Å². The number of hydrogen-bond donors (Lipinski definition) is 0. The van der Waals surface area contributed by atoms with Gasteiger partial charge in [0.2, 0.25) is 0 Å². The Kier molecular flexibility index (Phi) is 22.7. The second kappa shape index (κ2) is 23.7. The number of allylic oxidation sites excluding steroid dienone is 4. The van der Waals surface area contributed by atoms with Gasteiger partial charge in [0.05, 0.1) is 0 Å². The van der Waals surface area contributed by atoms with Crippen LogP contribution in [0, 0.1) is 63.3 Å². The third-order valence-corrected chi connectivity index (χ3v) is 9.42. The van der Waals surface area contributed by atoms with Crippen LogP contribution >= 0.6 is 24.8 Å². The molecule has 6 rings (SSSR count). The molecule has 2 aliphatic carbocycles. The molecule has 0 aromatic heterocycles. The number of aryl methyl sites for hydroxylation is 4. The van der Waals surface area contributed by atoms with E-state index in [9.17, 15) is 0 Å². The molecule has 2 aliphatic rings. The van der Waals surface area contributed by atoms with Crippen LogP contribution in [0.3, 0.4) is 0 Å². The zero-order valence-corrected chi connectivity index (χ0v) is 40.0. The Morgan fingerprint density at radius 2 is 1.17 bits per heavy atom. The predicted molar refractivity (Wildman–Crippen MR) is 240 cm³/mol. The summed E-state index contributed by atoms with van der Waals surface area (Å²) in [5.74, 6) is 0.592. The molecule has 0 aliphatic heterocycles. The number of fused-ring (bicyclic) bond motifs is 3. The van der Waals surface area contributed by atoms with Crippen LogP contribution < -0.4 is 0 Å². The first kappa shape index (κ1) is 51.7. The van der Waals surface area contributed by atoms with Crippen molar-refractivity contribution in [2.45, 2.75) is 133 Å². The SMILES string of the molecule is CCCCC1[C-]=CC(C(C)(C)C)=C1.Cc1[c-]c2c(cc1C(C)(C)C)-c1cc(C(C)(C)C)c(C)cc1C2.Cc1cc[c-]cc1.Cc1cc[c-]cc1.Cl.Cl.[CH2]=[Zr]. The molecule has 0 radical (unpaired) electrons. The van der Waals surface area contributed by atoms with Gasteiger partial charge in [0.25, 0.3) is 0 Å². The molecule has 4 aromatic carbocycles. The van der Waals surface area contributed by atoms with Gasteiger partial charge in [-0.05, 0) is 35.4 Å². The van der Waals surface area contributed by atoms with Crippen LogP contribution in [0.15, 0.2) is 84.5 Å². The van der Waals surface area contributed by atoms with Crippen molar-refractivity contribution in [1.29, 1.82) is 0 Å². The van der Waals surface area contributed by atoms with Gasteiger partial charge in [-0.2, -0.15) is 101 Å². The Hall–Kier alpha value is -2.31. The van der Waals surface area contributed by atoms with Crippen LogP contribution in [0.2, 0.25) is 0 Å². The summed E-state index contributed by atoms with van der Waals surface area (Å²) in [5.41, 5.74) is 15.9. The van der Waals surface area contributed by atoms with E-state index in [4.69, 9.17) is 0 Å². The molecule has 0 fully saturated rings. The number of hydrogen-bond acceptors (Lipinski definition) is 0. The summed E-state index contributed by atoms with van der Waals surface area (Å²) in [4.78, 5) is 0. The fourth-order valence-corrected chi connectivity index (χ4v) is 6.53. The normalized spacial score (nSPS) is 13.6. The minimum atomic E-state index is 0. The van der Waals surface area contributed by atoms with Gasteiger partial charge >= 0.3 is 28.4 Å². The first-order valence-corrected chi connectivity index (χ1v) is 20.8. The fourth-order valence-electron chi connectivity index (χ4n) is 6.53. The van der Waals surface area contributed by atoms with E-state index in [-0.39, 0.29) is 35.6 Å². The molecule has 0 bridgehead atoms. The van der Waals surface area contributed by atoms with E-state index in [2.05, 4.69) is 156 Å². The quantitative estimate of drug-likeness (QED) is 0.159. The van der Waals surface area contributed by atoms with Gasteiger partial charge in [-0.25, -0.2) is 6.08 Å². The summed E-state index contributed by atoms with van der Waals surface area (Å²) in [6.07, 6.45) is 12.9. The zero-order chi connectivity index (χ0) is 39.3. The van der Waals surface area contributed by atoms with Gasteiger partial charge < -0.3 is 0 Å². The summed E-state index contributed by atoms with van der Waals surface area (Å²) in [5, 5.41) is 0. The first-order valence-electron chi connectivity index (χ1n) is 19.0. The van der Waals surface area contributed by atoms with Crippen LogP contribution in [-0.4, -0.2) is 4.21 Å². The van der Waals surface area contributed by atoms with E-state index >= 15 is 0 Å². The molecule has 294 valence electrons. The van der Waals surface area contributed by atoms with Crippen LogP contribution in [0.4, 0.5) is 0 Å². The van der Waals surface area contributed by atoms with Gasteiger partial charge in [0, 0.05) is 0 Å². The fraction of sp³-hybridized carbons (Fsp3) is 0.431. The number of rotatable bonds is 3. The Morgan fingerprint density at radius 1 is 0.685 bits per heavy atom. The van der Waals surface area contributed by atoms with Gasteiger partial charge in [0.15, 0.2) is 0 Å². The molecular formula is C51H68Cl2Zr-4. The van der Waals surface area contributed by atoms with Crippen molar-refractivity contribution < 1.29 is 24.2 Å². The Balaban J connectivity index is 0.000000764. The number of unbranched alkanes of at least 4 members (excludes halogenated alkanes) is 1. The van der Waals surface area contributed by atoms with Crippen molar-refractivity contribution in [3.63, 3.8) is 0 Å². The maximum atomic E-state index is 3.69. The van der Waals surface area contributed by atoms with E-state index in [1.807, 2.05) is 48.5 Å². The molecule has 0 nitrogen and oxygen atoms in total. The standard InChI is InChI=1S/C23H29.C13H21.2C7H7.CH2.2ClH.Zr/c1-14-9-16-11-17-10-15(2)21(23(6,7)8)13-19(17)18(16)12-20(14)22(3,4)5;1-5-6-7-11-8-9-12(10-11)13(2,3)4;2*1-7-5-3-2-4-6-7;;;;/h9,12-13H,11H2,1-8H3;9-11H,5-7H2,1-4H3;2*3-6H,1H3;1H2;2*1H;/q4*-1;;;;.